The molecule has 3 aromatic rings. The molecule has 0 unspecified atom stereocenters. The molecular formula is C25H31F3N8O3S. The van der Waals surface area contributed by atoms with Crippen LogP contribution in [0.2, 0.25) is 0 Å². The van der Waals surface area contributed by atoms with E-state index in [1.54, 1.807) is 48.3 Å². The summed E-state index contributed by atoms with van der Waals surface area (Å²) >= 11 is 0. The smallest absolute Gasteiger partial charge is 0.365 e. The van der Waals surface area contributed by atoms with Gasteiger partial charge in [0.1, 0.15) is 17.2 Å². The first kappa shape index (κ1) is 30.6. The summed E-state index contributed by atoms with van der Waals surface area (Å²) in [6, 6.07) is 9.49. The van der Waals surface area contributed by atoms with Crippen molar-refractivity contribution in [1.29, 1.82) is 0 Å². The van der Waals surface area contributed by atoms with Crippen LogP contribution in [0, 0.1) is 0 Å². The highest BCUT2D eigenvalue weighted by Gasteiger charge is 2.35. The minimum atomic E-state index is -4.75. The molecular weight excluding hydrogens is 549 g/mol. The Morgan fingerprint density at radius 3 is 2.27 bits per heavy atom. The highest BCUT2D eigenvalue weighted by Crippen LogP contribution is 2.34. The van der Waals surface area contributed by atoms with Crippen LogP contribution in [-0.2, 0) is 22.7 Å². The highest BCUT2D eigenvalue weighted by atomic mass is 32.2. The quantitative estimate of drug-likeness (QED) is 0.352. The zero-order chi connectivity index (χ0) is 29.7. The number of aromatic nitrogens is 3. The zero-order valence-corrected chi connectivity index (χ0v) is 23.5. The van der Waals surface area contributed by atoms with E-state index in [9.17, 15) is 26.4 Å². The van der Waals surface area contributed by atoms with Crippen LogP contribution in [0.15, 0.2) is 48.8 Å². The van der Waals surface area contributed by atoms with Crippen molar-refractivity contribution in [3.63, 3.8) is 0 Å². The van der Waals surface area contributed by atoms with Gasteiger partial charge >= 0.3 is 6.18 Å². The molecule has 15 heteroatoms. The maximum absolute atomic E-state index is 13.7. The molecule has 2 aromatic heterocycles. The fourth-order valence-electron chi connectivity index (χ4n) is 3.47. The number of sulfonamides is 1. The maximum Gasteiger partial charge on any atom is 0.421 e. The van der Waals surface area contributed by atoms with Crippen molar-refractivity contribution < 1.29 is 26.4 Å². The number of nitrogens with zero attached hydrogens (tertiary/aromatic N) is 6. The molecule has 0 bridgehead atoms. The molecule has 0 atom stereocenters. The molecule has 0 aliphatic rings. The summed E-state index contributed by atoms with van der Waals surface area (Å²) < 4.78 is 66.0. The maximum atomic E-state index is 13.7. The largest absolute Gasteiger partial charge is 0.421 e. The van der Waals surface area contributed by atoms with Crippen molar-refractivity contribution in [3.8, 4) is 0 Å². The lowest BCUT2D eigenvalue weighted by atomic mass is 10.2. The number of hydrogen-bond acceptors (Lipinski definition) is 9. The molecule has 216 valence electrons. The second kappa shape index (κ2) is 12.5. The van der Waals surface area contributed by atoms with Gasteiger partial charge in [-0.1, -0.05) is 6.07 Å². The van der Waals surface area contributed by atoms with Crippen LogP contribution in [0.3, 0.4) is 0 Å². The highest BCUT2D eigenvalue weighted by molar-refractivity contribution is 7.92. The number of rotatable bonds is 11. The number of pyridine rings is 1. The number of halogens is 3. The lowest BCUT2D eigenvalue weighted by molar-refractivity contribution is -0.137. The number of anilines is 4. The number of nitrogens with one attached hydrogen (secondary N) is 2. The third-order valence-corrected chi connectivity index (χ3v) is 6.99. The predicted molar refractivity (Wildman–Crippen MR) is 147 cm³/mol. The van der Waals surface area contributed by atoms with Crippen LogP contribution < -0.4 is 14.9 Å². The molecule has 2 N–H and O–H groups in total. The zero-order valence-electron chi connectivity index (χ0n) is 22.7. The molecule has 0 saturated heterocycles. The Morgan fingerprint density at radius 2 is 1.68 bits per heavy atom. The van der Waals surface area contributed by atoms with Gasteiger partial charge in [-0.25, -0.2) is 18.4 Å². The number of alkyl halides is 3. The predicted octanol–water partition coefficient (Wildman–Crippen LogP) is 3.28. The van der Waals surface area contributed by atoms with Crippen LogP contribution >= 0.6 is 0 Å². The van der Waals surface area contributed by atoms with E-state index in [0.29, 0.717) is 36.1 Å². The van der Waals surface area contributed by atoms with E-state index in [1.165, 1.54) is 13.2 Å². The van der Waals surface area contributed by atoms with Gasteiger partial charge in [0, 0.05) is 62.9 Å². The first-order chi connectivity index (χ1) is 18.7. The number of carbonyl (C=O) groups is 1. The van der Waals surface area contributed by atoms with Crippen LogP contribution in [0.5, 0.6) is 0 Å². The monoisotopic (exact) mass is 580 g/mol. The van der Waals surface area contributed by atoms with Crippen molar-refractivity contribution in [2.45, 2.75) is 12.7 Å². The minimum Gasteiger partial charge on any atom is -0.365 e. The molecule has 40 heavy (non-hydrogen) atoms. The van der Waals surface area contributed by atoms with Crippen molar-refractivity contribution in [3.05, 3.63) is 65.5 Å². The fraction of sp³-hybridized carbons (Fsp3) is 0.360. The number of hydrogen-bond donors (Lipinski definition) is 2. The minimum absolute atomic E-state index is 0.0699. The number of benzene rings is 1. The average molecular weight is 581 g/mol. The lowest BCUT2D eigenvalue weighted by Crippen LogP contribution is -2.33. The van der Waals surface area contributed by atoms with Gasteiger partial charge in [0.15, 0.2) is 0 Å². The van der Waals surface area contributed by atoms with Gasteiger partial charge in [-0.05, 0) is 44.4 Å². The Labute approximate surface area is 231 Å². The molecule has 1 aromatic carbocycles. The topological polar surface area (TPSA) is 124 Å². The molecule has 2 heterocycles. The van der Waals surface area contributed by atoms with Crippen molar-refractivity contribution in [2.75, 3.05) is 62.5 Å². The lowest BCUT2D eigenvalue weighted by Gasteiger charge is -2.20. The summed E-state index contributed by atoms with van der Waals surface area (Å²) in [6.07, 6.45) is -1.71. The van der Waals surface area contributed by atoms with E-state index in [-0.39, 0.29) is 24.2 Å². The van der Waals surface area contributed by atoms with Gasteiger partial charge in [0.05, 0.1) is 6.26 Å². The normalized spacial score (nSPS) is 11.8. The third kappa shape index (κ3) is 8.02. The summed E-state index contributed by atoms with van der Waals surface area (Å²) in [5.41, 5.74) is 0.158. The molecule has 3 rings (SSSR count). The van der Waals surface area contributed by atoms with Crippen LogP contribution in [0.4, 0.5) is 36.4 Å². The van der Waals surface area contributed by atoms with Gasteiger partial charge in [-0.3, -0.25) is 9.10 Å². The third-order valence-electron chi connectivity index (χ3n) is 5.82. The van der Waals surface area contributed by atoms with E-state index < -0.39 is 27.6 Å². The first-order valence-corrected chi connectivity index (χ1v) is 13.8. The molecule has 0 saturated carbocycles. The Balaban J connectivity index is 1.80. The molecule has 0 aliphatic carbocycles. The molecule has 0 radical (unpaired) electrons. The number of carbonyl (C=O) groups excluding carboxylic acids is 1. The molecule has 0 spiro atoms. The SMILES string of the molecule is CN(C)CCN(C)C(=O)c1ccc(Nc2ncc(C(F)(F)F)c(NCc3cccnc3N(C)S(C)(=O)=O)n2)cc1. The summed E-state index contributed by atoms with van der Waals surface area (Å²) in [7, 11) is 3.18. The number of likely N-dealkylation sites (N-methyl/N-ethyl adjacent to an activating group) is 2. The Hall–Kier alpha value is -3.98. The average Bonchev–Trinajstić information content (AvgIpc) is 2.89. The fourth-order valence-corrected chi connectivity index (χ4v) is 3.95. The van der Waals surface area contributed by atoms with Crippen molar-refractivity contribution in [2.24, 2.45) is 0 Å². The molecule has 0 aliphatic heterocycles. The Morgan fingerprint density at radius 1 is 1.00 bits per heavy atom. The molecule has 0 fully saturated rings. The summed E-state index contributed by atoms with van der Waals surface area (Å²) in [4.78, 5) is 28.1. The second-order valence-corrected chi connectivity index (χ2v) is 11.3. The van der Waals surface area contributed by atoms with E-state index >= 15 is 0 Å². The van der Waals surface area contributed by atoms with E-state index in [1.807, 2.05) is 19.0 Å². The Kier molecular flexibility index (Phi) is 9.52. The summed E-state index contributed by atoms with van der Waals surface area (Å²) in [6.45, 7) is 1.06. The van der Waals surface area contributed by atoms with E-state index in [2.05, 4.69) is 25.6 Å². The van der Waals surface area contributed by atoms with Gasteiger partial charge < -0.3 is 20.4 Å². The van der Waals surface area contributed by atoms with Crippen LogP contribution in [0.25, 0.3) is 0 Å². The van der Waals surface area contributed by atoms with Gasteiger partial charge in [0.25, 0.3) is 5.91 Å². The van der Waals surface area contributed by atoms with E-state index in [4.69, 9.17) is 0 Å². The first-order valence-electron chi connectivity index (χ1n) is 12.0. The van der Waals surface area contributed by atoms with Crippen LogP contribution in [-0.4, -0.2) is 86.6 Å². The molecule has 1 amide bonds. The van der Waals surface area contributed by atoms with Crippen LogP contribution in [0.1, 0.15) is 21.5 Å². The van der Waals surface area contributed by atoms with Gasteiger partial charge in [-0.2, -0.15) is 18.2 Å². The Bertz CT molecular complexity index is 1430. The van der Waals surface area contributed by atoms with Gasteiger partial charge in [0.2, 0.25) is 16.0 Å². The van der Waals surface area contributed by atoms with Crippen molar-refractivity contribution >= 4 is 39.2 Å². The number of amides is 1. The summed E-state index contributed by atoms with van der Waals surface area (Å²) in [5, 5.41) is 5.48. The molecule has 11 nitrogen and oxygen atoms in total. The van der Waals surface area contributed by atoms with E-state index in [0.717, 1.165) is 10.6 Å². The summed E-state index contributed by atoms with van der Waals surface area (Å²) in [5.74, 6) is -0.712. The standard InChI is InChI=1S/C25H31F3N8O3S/c1-34(2)13-14-35(3)23(37)17-8-10-19(11-9-17)32-24-31-16-20(25(26,27)28)21(33-24)30-15-18-7-6-12-29-22(18)36(4)40(5,38)39/h6-12,16H,13-15H2,1-5H3,(H2,30,31,32,33). The van der Waals surface area contributed by atoms with Crippen molar-refractivity contribution in [1.82, 2.24) is 24.8 Å². The second-order valence-electron chi connectivity index (χ2n) is 9.26. The van der Waals surface area contributed by atoms with Gasteiger partial charge in [-0.15, -0.1) is 0 Å².